The summed E-state index contributed by atoms with van der Waals surface area (Å²) in [5, 5.41) is 4.29. The summed E-state index contributed by atoms with van der Waals surface area (Å²) in [4.78, 5) is 14.2. The SMILES string of the molecule is CCN(CCN)CCn1nc2ccccn2c1=O. The molecule has 0 unspecified atom stereocenters. The van der Waals surface area contributed by atoms with E-state index in [0.717, 1.165) is 19.6 Å². The van der Waals surface area contributed by atoms with Crippen molar-refractivity contribution in [3.05, 3.63) is 34.9 Å². The summed E-state index contributed by atoms with van der Waals surface area (Å²) in [6.07, 6.45) is 1.73. The average molecular weight is 249 g/mol. The van der Waals surface area contributed by atoms with Gasteiger partial charge >= 0.3 is 5.69 Å². The molecule has 0 atom stereocenters. The van der Waals surface area contributed by atoms with E-state index in [1.165, 1.54) is 4.68 Å². The number of hydrogen-bond acceptors (Lipinski definition) is 4. The van der Waals surface area contributed by atoms with Crippen LogP contribution in [0, 0.1) is 0 Å². The Kier molecular flexibility index (Phi) is 4.11. The van der Waals surface area contributed by atoms with E-state index in [9.17, 15) is 4.79 Å². The molecule has 18 heavy (non-hydrogen) atoms. The van der Waals surface area contributed by atoms with Crippen LogP contribution in [0.5, 0.6) is 0 Å². The Morgan fingerprint density at radius 3 is 2.89 bits per heavy atom. The molecule has 0 fully saturated rings. The molecule has 2 heterocycles. The highest BCUT2D eigenvalue weighted by molar-refractivity contribution is 5.35. The van der Waals surface area contributed by atoms with Gasteiger partial charge in [-0.25, -0.2) is 9.48 Å². The molecular formula is C12H19N5O. The van der Waals surface area contributed by atoms with Gasteiger partial charge in [0, 0.05) is 25.8 Å². The summed E-state index contributed by atoms with van der Waals surface area (Å²) in [6, 6.07) is 5.53. The average Bonchev–Trinajstić information content (AvgIpc) is 2.72. The largest absolute Gasteiger partial charge is 0.350 e. The molecule has 0 aromatic carbocycles. The van der Waals surface area contributed by atoms with Crippen molar-refractivity contribution >= 4 is 5.65 Å². The first-order chi connectivity index (χ1) is 8.76. The van der Waals surface area contributed by atoms with E-state index < -0.39 is 0 Å². The van der Waals surface area contributed by atoms with Gasteiger partial charge in [-0.15, -0.1) is 5.10 Å². The van der Waals surface area contributed by atoms with Crippen LogP contribution in [0.25, 0.3) is 5.65 Å². The first kappa shape index (κ1) is 12.8. The van der Waals surface area contributed by atoms with Gasteiger partial charge in [-0.2, -0.15) is 0 Å². The fraction of sp³-hybridized carbons (Fsp3) is 0.500. The molecule has 6 nitrogen and oxygen atoms in total. The normalized spacial score (nSPS) is 11.5. The smallest absolute Gasteiger partial charge is 0.329 e. The fourth-order valence-corrected chi connectivity index (χ4v) is 1.96. The van der Waals surface area contributed by atoms with E-state index in [4.69, 9.17) is 5.73 Å². The number of nitrogens with two attached hydrogens (primary N) is 1. The Balaban J connectivity index is 2.12. The van der Waals surface area contributed by atoms with Crippen molar-refractivity contribution in [3.63, 3.8) is 0 Å². The summed E-state index contributed by atoms with van der Waals surface area (Å²) in [6.45, 7) is 5.87. The number of rotatable bonds is 6. The molecule has 0 spiro atoms. The van der Waals surface area contributed by atoms with Gasteiger partial charge in [-0.1, -0.05) is 13.0 Å². The molecule has 2 aromatic heterocycles. The van der Waals surface area contributed by atoms with Gasteiger partial charge in [0.2, 0.25) is 0 Å². The van der Waals surface area contributed by atoms with Crippen LogP contribution in [0.4, 0.5) is 0 Å². The van der Waals surface area contributed by atoms with Crippen LogP contribution in [-0.4, -0.2) is 45.3 Å². The molecule has 0 radical (unpaired) electrons. The van der Waals surface area contributed by atoms with E-state index in [1.807, 2.05) is 18.2 Å². The van der Waals surface area contributed by atoms with Crippen molar-refractivity contribution < 1.29 is 0 Å². The van der Waals surface area contributed by atoms with E-state index in [2.05, 4.69) is 16.9 Å². The Labute approximate surface area is 106 Å². The summed E-state index contributed by atoms with van der Waals surface area (Å²) in [7, 11) is 0. The van der Waals surface area contributed by atoms with Crippen LogP contribution in [0.3, 0.4) is 0 Å². The Morgan fingerprint density at radius 1 is 1.39 bits per heavy atom. The lowest BCUT2D eigenvalue weighted by Gasteiger charge is -2.18. The van der Waals surface area contributed by atoms with E-state index >= 15 is 0 Å². The molecule has 0 aliphatic heterocycles. The zero-order valence-electron chi connectivity index (χ0n) is 10.6. The molecule has 0 aliphatic carbocycles. The van der Waals surface area contributed by atoms with Crippen molar-refractivity contribution in [3.8, 4) is 0 Å². The molecule has 98 valence electrons. The van der Waals surface area contributed by atoms with Crippen LogP contribution >= 0.6 is 0 Å². The summed E-state index contributed by atoms with van der Waals surface area (Å²) in [5.41, 5.74) is 6.13. The fourth-order valence-electron chi connectivity index (χ4n) is 1.96. The predicted molar refractivity (Wildman–Crippen MR) is 70.6 cm³/mol. The number of hydrogen-bond donors (Lipinski definition) is 1. The molecule has 0 saturated carbocycles. The topological polar surface area (TPSA) is 68.6 Å². The quantitative estimate of drug-likeness (QED) is 0.768. The summed E-state index contributed by atoms with van der Waals surface area (Å²) < 4.78 is 3.06. The Hall–Kier alpha value is -1.66. The second-order valence-electron chi connectivity index (χ2n) is 4.16. The minimum Gasteiger partial charge on any atom is -0.329 e. The van der Waals surface area contributed by atoms with E-state index in [1.54, 1.807) is 10.6 Å². The lowest BCUT2D eigenvalue weighted by atomic mass is 10.4. The number of aromatic nitrogens is 3. The van der Waals surface area contributed by atoms with Gasteiger partial charge in [0.25, 0.3) is 0 Å². The summed E-state index contributed by atoms with van der Waals surface area (Å²) in [5.74, 6) is 0. The maximum atomic E-state index is 12.0. The molecule has 0 aliphatic rings. The lowest BCUT2D eigenvalue weighted by Crippen LogP contribution is -2.34. The molecule has 2 aromatic rings. The Morgan fingerprint density at radius 2 is 2.22 bits per heavy atom. The predicted octanol–water partition coefficient (Wildman–Crippen LogP) is -0.223. The third-order valence-electron chi connectivity index (χ3n) is 3.01. The lowest BCUT2D eigenvalue weighted by molar-refractivity contribution is 0.277. The van der Waals surface area contributed by atoms with Crippen LogP contribution in [0.1, 0.15) is 6.92 Å². The Bertz CT molecular complexity index is 559. The van der Waals surface area contributed by atoms with Crippen molar-refractivity contribution in [2.24, 2.45) is 5.73 Å². The summed E-state index contributed by atoms with van der Waals surface area (Å²) >= 11 is 0. The standard InChI is InChI=1S/C12H19N5O/c1-2-15(8-6-13)9-10-17-12(18)16-7-4-3-5-11(16)14-17/h3-5,7H,2,6,8-10,13H2,1H3. The highest BCUT2D eigenvalue weighted by atomic mass is 16.2. The van der Waals surface area contributed by atoms with Crippen LogP contribution in [-0.2, 0) is 6.54 Å². The number of fused-ring (bicyclic) bond motifs is 1. The van der Waals surface area contributed by atoms with Crippen molar-refractivity contribution in [2.75, 3.05) is 26.2 Å². The highest BCUT2D eigenvalue weighted by Crippen LogP contribution is 1.95. The first-order valence-corrected chi connectivity index (χ1v) is 6.23. The third kappa shape index (κ3) is 2.60. The molecule has 0 amide bonds. The molecule has 2 rings (SSSR count). The van der Waals surface area contributed by atoms with Gasteiger partial charge in [0.15, 0.2) is 5.65 Å². The minimum atomic E-state index is -0.0885. The van der Waals surface area contributed by atoms with Crippen LogP contribution in [0.15, 0.2) is 29.2 Å². The maximum Gasteiger partial charge on any atom is 0.350 e. The maximum absolute atomic E-state index is 12.0. The van der Waals surface area contributed by atoms with E-state index in [0.29, 0.717) is 18.7 Å². The second-order valence-corrected chi connectivity index (χ2v) is 4.16. The highest BCUT2D eigenvalue weighted by Gasteiger charge is 2.07. The van der Waals surface area contributed by atoms with E-state index in [-0.39, 0.29) is 5.69 Å². The third-order valence-corrected chi connectivity index (χ3v) is 3.01. The monoisotopic (exact) mass is 249 g/mol. The molecule has 0 bridgehead atoms. The van der Waals surface area contributed by atoms with Gasteiger partial charge in [0.05, 0.1) is 6.54 Å². The van der Waals surface area contributed by atoms with Gasteiger partial charge in [-0.05, 0) is 18.7 Å². The number of pyridine rings is 1. The number of likely N-dealkylation sites (N-methyl/N-ethyl adjacent to an activating group) is 1. The molecule has 2 N–H and O–H groups in total. The van der Waals surface area contributed by atoms with Gasteiger partial charge in [0.1, 0.15) is 0 Å². The van der Waals surface area contributed by atoms with Crippen LogP contribution in [0.2, 0.25) is 0 Å². The van der Waals surface area contributed by atoms with Crippen molar-refractivity contribution in [1.82, 2.24) is 19.1 Å². The van der Waals surface area contributed by atoms with Crippen molar-refractivity contribution in [2.45, 2.75) is 13.5 Å². The molecule has 0 saturated heterocycles. The van der Waals surface area contributed by atoms with Crippen LogP contribution < -0.4 is 11.4 Å². The number of nitrogens with zero attached hydrogens (tertiary/aromatic N) is 4. The van der Waals surface area contributed by atoms with Crippen molar-refractivity contribution in [1.29, 1.82) is 0 Å². The zero-order chi connectivity index (χ0) is 13.0. The zero-order valence-corrected chi connectivity index (χ0v) is 10.6. The molecular weight excluding hydrogens is 230 g/mol. The van der Waals surface area contributed by atoms with Gasteiger partial charge in [-0.3, -0.25) is 4.40 Å². The minimum absolute atomic E-state index is 0.0885. The van der Waals surface area contributed by atoms with Gasteiger partial charge < -0.3 is 10.6 Å². The first-order valence-electron chi connectivity index (χ1n) is 6.23. The molecule has 6 heteroatoms. The second kappa shape index (κ2) is 5.79.